The van der Waals surface area contributed by atoms with Gasteiger partial charge in [-0.2, -0.15) is 0 Å². The maximum Gasteiger partial charge on any atom is 0.360 e. The number of aromatic amines is 2. The number of carbonyl (C=O) groups excluding carboxylic acids is 2. The van der Waals surface area contributed by atoms with Crippen LogP contribution in [0.25, 0.3) is 0 Å². The Hall–Kier alpha value is -3.28. The van der Waals surface area contributed by atoms with Crippen LogP contribution in [0.4, 0.5) is 0 Å². The van der Waals surface area contributed by atoms with Crippen LogP contribution in [0.2, 0.25) is 0 Å². The quantitative estimate of drug-likeness (QED) is 0.539. The first-order chi connectivity index (χ1) is 13.2. The smallest absolute Gasteiger partial charge is 0.360 e. The molecule has 2 N–H and O–H groups in total. The topological polar surface area (TPSA) is 84.2 Å². The number of H-pyrrole nitrogens is 2. The molecule has 0 amide bonds. The molecule has 5 rings (SSSR count). The summed E-state index contributed by atoms with van der Waals surface area (Å²) in [5.74, 6) is 0.532. The number of rotatable bonds is 4. The Morgan fingerprint density at radius 3 is 1.70 bits per heavy atom. The van der Waals surface area contributed by atoms with Gasteiger partial charge in [0, 0.05) is 12.4 Å². The first-order valence-corrected chi connectivity index (χ1v) is 9.08. The number of aromatic nitrogens is 2. The Morgan fingerprint density at radius 1 is 0.815 bits per heavy atom. The number of hydrogen-bond acceptors (Lipinski definition) is 4. The summed E-state index contributed by atoms with van der Waals surface area (Å²) in [5.41, 5.74) is 3.11. The van der Waals surface area contributed by atoms with E-state index in [1.54, 1.807) is 36.7 Å². The summed E-state index contributed by atoms with van der Waals surface area (Å²) in [4.78, 5) is 30.5. The van der Waals surface area contributed by atoms with Crippen LogP contribution in [-0.4, -0.2) is 21.9 Å². The molecule has 2 aromatic heterocycles. The molecule has 2 heterocycles. The molecular weight excluding hydrogens is 344 g/mol. The van der Waals surface area contributed by atoms with Crippen LogP contribution in [0, 0.1) is 0 Å². The standard InChI is InChI=1S/C21H18N2O4/c24-20(16-3-1-7-22-16)26-18-10-14-12-5-6-13(9-12)15(14)11-19(18)27-21(25)17-4-2-8-23-17/h1-4,7-8,10-13,22-23H,5-6,9H2. The first-order valence-electron chi connectivity index (χ1n) is 9.08. The molecule has 6 heteroatoms. The van der Waals surface area contributed by atoms with Crippen LogP contribution in [0.1, 0.15) is 63.2 Å². The fraction of sp³-hybridized carbons (Fsp3) is 0.238. The van der Waals surface area contributed by atoms with Crippen molar-refractivity contribution in [3.8, 4) is 11.5 Å². The van der Waals surface area contributed by atoms with Crippen molar-refractivity contribution in [2.75, 3.05) is 0 Å². The van der Waals surface area contributed by atoms with E-state index in [4.69, 9.17) is 9.47 Å². The van der Waals surface area contributed by atoms with Gasteiger partial charge in [-0.05, 0) is 78.6 Å². The van der Waals surface area contributed by atoms with E-state index in [9.17, 15) is 9.59 Å². The van der Waals surface area contributed by atoms with Crippen LogP contribution in [0.5, 0.6) is 11.5 Å². The fourth-order valence-corrected chi connectivity index (χ4v) is 4.23. The van der Waals surface area contributed by atoms with Gasteiger partial charge in [0.1, 0.15) is 11.4 Å². The van der Waals surface area contributed by atoms with Gasteiger partial charge in [-0.3, -0.25) is 0 Å². The van der Waals surface area contributed by atoms with Crippen molar-refractivity contribution in [1.82, 2.24) is 9.97 Å². The van der Waals surface area contributed by atoms with Gasteiger partial charge in [-0.15, -0.1) is 0 Å². The highest BCUT2D eigenvalue weighted by molar-refractivity contribution is 5.91. The van der Waals surface area contributed by atoms with Gasteiger partial charge in [-0.25, -0.2) is 9.59 Å². The van der Waals surface area contributed by atoms with Gasteiger partial charge in [0.15, 0.2) is 11.5 Å². The summed E-state index contributed by atoms with van der Waals surface area (Å²) in [6.45, 7) is 0. The van der Waals surface area contributed by atoms with E-state index in [1.165, 1.54) is 11.1 Å². The molecule has 27 heavy (non-hydrogen) atoms. The van der Waals surface area contributed by atoms with Gasteiger partial charge < -0.3 is 19.4 Å². The second-order valence-corrected chi connectivity index (χ2v) is 7.08. The van der Waals surface area contributed by atoms with E-state index >= 15 is 0 Å². The molecule has 0 radical (unpaired) electrons. The average Bonchev–Trinajstić information content (AvgIpc) is 3.47. The van der Waals surface area contributed by atoms with Gasteiger partial charge in [0.05, 0.1) is 0 Å². The maximum atomic E-state index is 12.4. The Kier molecular flexibility index (Phi) is 3.63. The van der Waals surface area contributed by atoms with Crippen LogP contribution < -0.4 is 9.47 Å². The Labute approximate surface area is 155 Å². The Morgan fingerprint density at radius 2 is 1.30 bits per heavy atom. The Balaban J connectivity index is 1.50. The van der Waals surface area contributed by atoms with Gasteiger partial charge >= 0.3 is 11.9 Å². The summed E-state index contributed by atoms with van der Waals surface area (Å²) in [6.07, 6.45) is 6.74. The molecule has 2 bridgehead atoms. The molecule has 136 valence electrons. The van der Waals surface area contributed by atoms with Crippen LogP contribution in [0.15, 0.2) is 48.8 Å². The highest BCUT2D eigenvalue weighted by Gasteiger charge is 2.38. The van der Waals surface area contributed by atoms with Crippen molar-refractivity contribution >= 4 is 11.9 Å². The molecule has 2 unspecified atom stereocenters. The molecule has 1 fully saturated rings. The van der Waals surface area contributed by atoms with Crippen molar-refractivity contribution in [1.29, 1.82) is 0 Å². The Bertz CT molecular complexity index is 924. The lowest BCUT2D eigenvalue weighted by atomic mass is 9.91. The predicted molar refractivity (Wildman–Crippen MR) is 97.3 cm³/mol. The predicted octanol–water partition coefficient (Wildman–Crippen LogP) is 4.15. The normalized spacial score (nSPS) is 19.7. The summed E-state index contributed by atoms with van der Waals surface area (Å²) < 4.78 is 11.2. The van der Waals surface area contributed by atoms with Gasteiger partial charge in [0.25, 0.3) is 0 Å². The lowest BCUT2D eigenvalue weighted by Crippen LogP contribution is -2.14. The lowest BCUT2D eigenvalue weighted by molar-refractivity contribution is 0.0676. The van der Waals surface area contributed by atoms with Crippen molar-refractivity contribution in [3.63, 3.8) is 0 Å². The van der Waals surface area contributed by atoms with Crippen LogP contribution in [0.3, 0.4) is 0 Å². The third-order valence-corrected chi connectivity index (χ3v) is 5.50. The number of benzene rings is 1. The van der Waals surface area contributed by atoms with E-state index < -0.39 is 11.9 Å². The van der Waals surface area contributed by atoms with Crippen molar-refractivity contribution in [3.05, 3.63) is 71.3 Å². The van der Waals surface area contributed by atoms with E-state index in [2.05, 4.69) is 9.97 Å². The molecular formula is C21H18N2O4. The largest absolute Gasteiger partial charge is 0.418 e. The number of fused-ring (bicyclic) bond motifs is 5. The molecule has 6 nitrogen and oxygen atoms in total. The molecule has 2 atom stereocenters. The summed E-state index contributed by atoms with van der Waals surface area (Å²) in [5, 5.41) is 0. The number of esters is 2. The second kappa shape index (κ2) is 6.16. The zero-order valence-electron chi connectivity index (χ0n) is 14.5. The fourth-order valence-electron chi connectivity index (χ4n) is 4.23. The van der Waals surface area contributed by atoms with E-state index in [0.717, 1.165) is 19.3 Å². The lowest BCUT2D eigenvalue weighted by Gasteiger charge is -2.18. The molecule has 1 aromatic carbocycles. The third-order valence-electron chi connectivity index (χ3n) is 5.50. The minimum Gasteiger partial charge on any atom is -0.418 e. The SMILES string of the molecule is O=C(Oc1cc2c(cc1OC(=O)c1ccc[nH]1)C1CCC2C1)c1ccc[nH]1. The minimum absolute atomic E-state index is 0.279. The van der Waals surface area contributed by atoms with Crippen LogP contribution in [-0.2, 0) is 0 Å². The monoisotopic (exact) mass is 362 g/mol. The van der Waals surface area contributed by atoms with Crippen LogP contribution >= 0.6 is 0 Å². The average molecular weight is 362 g/mol. The molecule has 0 saturated heterocycles. The van der Waals surface area contributed by atoms with Crippen molar-refractivity contribution in [2.45, 2.75) is 31.1 Å². The number of hydrogen-bond donors (Lipinski definition) is 2. The third kappa shape index (κ3) is 2.73. The molecule has 2 aliphatic carbocycles. The minimum atomic E-state index is -0.514. The van der Waals surface area contributed by atoms with Crippen molar-refractivity contribution < 1.29 is 19.1 Å². The van der Waals surface area contributed by atoms with E-state index in [0.29, 0.717) is 23.2 Å². The maximum absolute atomic E-state index is 12.4. The zero-order valence-corrected chi connectivity index (χ0v) is 14.5. The summed E-state index contributed by atoms with van der Waals surface area (Å²) >= 11 is 0. The molecule has 3 aromatic rings. The van der Waals surface area contributed by atoms with E-state index in [-0.39, 0.29) is 11.5 Å². The zero-order chi connectivity index (χ0) is 18.4. The molecule has 0 spiro atoms. The highest BCUT2D eigenvalue weighted by Crippen LogP contribution is 2.55. The van der Waals surface area contributed by atoms with Crippen molar-refractivity contribution in [2.24, 2.45) is 0 Å². The molecule has 1 saturated carbocycles. The van der Waals surface area contributed by atoms with Gasteiger partial charge in [0.2, 0.25) is 0 Å². The molecule has 0 aliphatic heterocycles. The number of carbonyl (C=O) groups is 2. The van der Waals surface area contributed by atoms with Gasteiger partial charge in [-0.1, -0.05) is 0 Å². The summed E-state index contributed by atoms with van der Waals surface area (Å²) in [6, 6.07) is 10.5. The number of ether oxygens (including phenoxy) is 2. The first kappa shape index (κ1) is 15.9. The summed E-state index contributed by atoms with van der Waals surface area (Å²) in [7, 11) is 0. The number of nitrogens with one attached hydrogen (secondary N) is 2. The molecule has 2 aliphatic rings. The highest BCUT2D eigenvalue weighted by atomic mass is 16.6. The van der Waals surface area contributed by atoms with E-state index in [1.807, 2.05) is 12.1 Å². The second-order valence-electron chi connectivity index (χ2n) is 7.08.